The Kier molecular flexibility index (Phi) is 10.3. The molecule has 1 aliphatic carbocycles. The van der Waals surface area contributed by atoms with Crippen LogP contribution in [0.2, 0.25) is 0 Å². The van der Waals surface area contributed by atoms with Gasteiger partial charge < -0.3 is 38.3 Å². The number of carbonyl (C=O) groups is 3. The first-order valence-corrected chi connectivity index (χ1v) is 11.0. The second-order valence-corrected chi connectivity index (χ2v) is 8.23. The van der Waals surface area contributed by atoms with Crippen molar-refractivity contribution in [3.63, 3.8) is 0 Å². The van der Waals surface area contributed by atoms with Crippen molar-refractivity contribution in [1.29, 1.82) is 0 Å². The van der Waals surface area contributed by atoms with E-state index in [0.29, 0.717) is 5.75 Å². The lowest BCUT2D eigenvalue weighted by molar-refractivity contribution is -0.174. The number of ether oxygens (including phenoxy) is 7. The van der Waals surface area contributed by atoms with Gasteiger partial charge in [-0.25, -0.2) is 0 Å². The van der Waals surface area contributed by atoms with Gasteiger partial charge in [0.15, 0.2) is 17.3 Å². The highest BCUT2D eigenvalue weighted by Crippen LogP contribution is 2.52. The zero-order valence-corrected chi connectivity index (χ0v) is 21.0. The van der Waals surface area contributed by atoms with E-state index in [1.165, 1.54) is 42.5 Å². The first-order valence-electron chi connectivity index (χ1n) is 11.0. The number of methoxy groups -OCH3 is 5. The second-order valence-electron chi connectivity index (χ2n) is 8.23. The molecule has 0 aromatic heterocycles. The van der Waals surface area contributed by atoms with E-state index in [-0.39, 0.29) is 43.5 Å². The third kappa shape index (κ3) is 6.22. The molecule has 0 amide bonds. The fourth-order valence-corrected chi connectivity index (χ4v) is 4.41. The van der Waals surface area contributed by atoms with Gasteiger partial charge in [-0.3, -0.25) is 14.4 Å². The first-order chi connectivity index (χ1) is 16.7. The normalized spacial score (nSPS) is 24.0. The minimum Gasteiger partial charge on any atom is -0.493 e. The Labute approximate surface area is 204 Å². The number of hydrogen-bond donors (Lipinski definition) is 1. The quantitative estimate of drug-likeness (QED) is 0.252. The van der Waals surface area contributed by atoms with Crippen LogP contribution in [0.5, 0.6) is 17.2 Å². The Morgan fingerprint density at radius 2 is 1.46 bits per heavy atom. The van der Waals surface area contributed by atoms with E-state index in [0.717, 1.165) is 0 Å². The van der Waals surface area contributed by atoms with Gasteiger partial charge in [-0.2, -0.15) is 0 Å². The van der Waals surface area contributed by atoms with E-state index in [1.807, 2.05) is 0 Å². The van der Waals surface area contributed by atoms with Crippen LogP contribution in [0.25, 0.3) is 0 Å². The standard InChI is InChI=1S/C24H34O11/c1-24(28)13-15(25)18(22(26)34-11-9-29-2)17(19(24)23(27)35-12-10-30-3)14-7-8-16(31-4)21(33-6)20(14)32-5/h7-8,17-19,28H,9-13H2,1-6H3. The van der Waals surface area contributed by atoms with Crippen molar-refractivity contribution in [2.24, 2.45) is 11.8 Å². The Balaban J connectivity index is 2.71. The van der Waals surface area contributed by atoms with Crippen molar-refractivity contribution in [2.75, 3.05) is 62.0 Å². The Hall–Kier alpha value is -2.89. The fraction of sp³-hybridized carbons (Fsp3) is 0.625. The monoisotopic (exact) mass is 498 g/mol. The van der Waals surface area contributed by atoms with Crippen LogP contribution >= 0.6 is 0 Å². The molecular weight excluding hydrogens is 464 g/mol. The van der Waals surface area contributed by atoms with Crippen LogP contribution in [0.3, 0.4) is 0 Å². The zero-order valence-electron chi connectivity index (χ0n) is 21.0. The molecule has 196 valence electrons. The SMILES string of the molecule is COCCOC(=O)C1C(=O)CC(C)(O)C(C(=O)OCCOC)C1c1ccc(OC)c(OC)c1OC. The summed E-state index contributed by atoms with van der Waals surface area (Å²) in [5.74, 6) is -5.47. The number of benzene rings is 1. The number of carbonyl (C=O) groups excluding carboxylic acids is 3. The molecule has 1 aromatic carbocycles. The van der Waals surface area contributed by atoms with E-state index >= 15 is 0 Å². The van der Waals surface area contributed by atoms with Crippen molar-refractivity contribution in [2.45, 2.75) is 24.9 Å². The molecule has 0 heterocycles. The zero-order chi connectivity index (χ0) is 26.2. The number of aliphatic hydroxyl groups is 1. The highest BCUT2D eigenvalue weighted by molar-refractivity contribution is 6.03. The second kappa shape index (κ2) is 12.7. The summed E-state index contributed by atoms with van der Waals surface area (Å²) in [6.45, 7) is 1.45. The summed E-state index contributed by atoms with van der Waals surface area (Å²) < 4.78 is 36.8. The first kappa shape index (κ1) is 28.3. The lowest BCUT2D eigenvalue weighted by Crippen LogP contribution is -2.55. The Morgan fingerprint density at radius 1 is 0.886 bits per heavy atom. The van der Waals surface area contributed by atoms with E-state index in [2.05, 4.69) is 0 Å². The van der Waals surface area contributed by atoms with Gasteiger partial charge in [0, 0.05) is 32.1 Å². The largest absolute Gasteiger partial charge is 0.493 e. The minimum absolute atomic E-state index is 0.0748. The average Bonchev–Trinajstić information content (AvgIpc) is 2.81. The average molecular weight is 499 g/mol. The van der Waals surface area contributed by atoms with Crippen molar-refractivity contribution in [1.82, 2.24) is 0 Å². The molecule has 4 atom stereocenters. The van der Waals surface area contributed by atoms with Crippen molar-refractivity contribution >= 4 is 17.7 Å². The smallest absolute Gasteiger partial charge is 0.317 e. The summed E-state index contributed by atoms with van der Waals surface area (Å²) >= 11 is 0. The van der Waals surface area contributed by atoms with Crippen molar-refractivity contribution < 1.29 is 52.6 Å². The molecule has 0 bridgehead atoms. The van der Waals surface area contributed by atoms with E-state index < -0.39 is 47.5 Å². The number of rotatable bonds is 12. The molecule has 11 nitrogen and oxygen atoms in total. The van der Waals surface area contributed by atoms with Gasteiger partial charge in [0.25, 0.3) is 0 Å². The lowest BCUT2D eigenvalue weighted by atomic mass is 9.61. The van der Waals surface area contributed by atoms with Crippen molar-refractivity contribution in [3.8, 4) is 17.2 Å². The summed E-state index contributed by atoms with van der Waals surface area (Å²) in [5, 5.41) is 11.2. The number of esters is 2. The number of Topliss-reactive ketones (excluding diaryl/α,β-unsaturated/α-hetero) is 1. The van der Waals surface area contributed by atoms with Crippen LogP contribution in [0, 0.1) is 11.8 Å². The summed E-state index contributed by atoms with van der Waals surface area (Å²) in [4.78, 5) is 39.6. The molecule has 4 unspecified atom stereocenters. The van der Waals surface area contributed by atoms with Crippen LogP contribution < -0.4 is 14.2 Å². The third-order valence-corrected chi connectivity index (χ3v) is 5.93. The molecule has 2 rings (SSSR count). The van der Waals surface area contributed by atoms with E-state index in [9.17, 15) is 19.5 Å². The predicted octanol–water partition coefficient (Wildman–Crippen LogP) is 1.13. The Bertz CT molecular complexity index is 896. The third-order valence-electron chi connectivity index (χ3n) is 5.93. The van der Waals surface area contributed by atoms with Crippen LogP contribution in [0.4, 0.5) is 0 Å². The molecule has 0 saturated heterocycles. The van der Waals surface area contributed by atoms with Crippen LogP contribution in [-0.2, 0) is 33.3 Å². The molecule has 1 aliphatic rings. The van der Waals surface area contributed by atoms with Gasteiger partial charge >= 0.3 is 11.9 Å². The highest BCUT2D eigenvalue weighted by Gasteiger charge is 2.58. The van der Waals surface area contributed by atoms with E-state index in [4.69, 9.17) is 33.2 Å². The molecule has 0 aliphatic heterocycles. The van der Waals surface area contributed by atoms with Crippen LogP contribution in [0.1, 0.15) is 24.8 Å². The lowest BCUT2D eigenvalue weighted by Gasteiger charge is -2.44. The van der Waals surface area contributed by atoms with Crippen LogP contribution in [0.15, 0.2) is 12.1 Å². The van der Waals surface area contributed by atoms with Crippen LogP contribution in [-0.4, -0.2) is 90.4 Å². The molecule has 11 heteroatoms. The van der Waals surface area contributed by atoms with E-state index in [1.54, 1.807) is 12.1 Å². The molecule has 0 radical (unpaired) electrons. The maximum Gasteiger partial charge on any atom is 0.317 e. The molecule has 1 aromatic rings. The minimum atomic E-state index is -1.83. The van der Waals surface area contributed by atoms with Gasteiger partial charge in [-0.05, 0) is 13.0 Å². The summed E-state index contributed by atoms with van der Waals surface area (Å²) in [7, 11) is 7.12. The molecular formula is C24H34O11. The number of ketones is 1. The molecule has 0 spiro atoms. The summed E-state index contributed by atoms with van der Waals surface area (Å²) in [5.41, 5.74) is -1.55. The molecule has 1 fully saturated rings. The predicted molar refractivity (Wildman–Crippen MR) is 122 cm³/mol. The van der Waals surface area contributed by atoms with Gasteiger partial charge in [0.05, 0.1) is 46.1 Å². The maximum absolute atomic E-state index is 13.3. The molecule has 35 heavy (non-hydrogen) atoms. The van der Waals surface area contributed by atoms with Gasteiger partial charge in [0.1, 0.15) is 19.1 Å². The highest BCUT2D eigenvalue weighted by atomic mass is 16.6. The fourth-order valence-electron chi connectivity index (χ4n) is 4.41. The maximum atomic E-state index is 13.3. The van der Waals surface area contributed by atoms with Gasteiger partial charge in [-0.15, -0.1) is 0 Å². The topological polar surface area (TPSA) is 136 Å². The summed E-state index contributed by atoms with van der Waals surface area (Å²) in [6.07, 6.45) is -0.451. The van der Waals surface area contributed by atoms with Gasteiger partial charge in [-0.1, -0.05) is 6.07 Å². The van der Waals surface area contributed by atoms with Gasteiger partial charge in [0.2, 0.25) is 5.75 Å². The number of hydrogen-bond acceptors (Lipinski definition) is 11. The summed E-state index contributed by atoms with van der Waals surface area (Å²) in [6, 6.07) is 3.12. The molecule has 1 saturated carbocycles. The Morgan fingerprint density at radius 3 is 1.97 bits per heavy atom. The van der Waals surface area contributed by atoms with Crippen molar-refractivity contribution in [3.05, 3.63) is 17.7 Å². The molecule has 1 N–H and O–H groups in total.